The minimum absolute atomic E-state index is 0.242. The zero-order chi connectivity index (χ0) is 21.1. The fraction of sp³-hybridized carbons (Fsp3) is 0.536. The Kier molecular flexibility index (Phi) is 6.19. The van der Waals surface area contributed by atoms with Crippen molar-refractivity contribution in [1.29, 1.82) is 5.26 Å². The molecular weight excluding hydrogens is 364 g/mol. The quantitative estimate of drug-likeness (QED) is 0.473. The van der Waals surface area contributed by atoms with Crippen molar-refractivity contribution in [1.82, 2.24) is 0 Å². The van der Waals surface area contributed by atoms with E-state index in [2.05, 4.69) is 86.3 Å². The molecule has 0 amide bonds. The average molecular weight is 401 g/mol. The molecule has 5 unspecified atom stereocenters. The summed E-state index contributed by atoms with van der Waals surface area (Å²) in [6.07, 6.45) is 8.14. The smallest absolute Gasteiger partial charge is 0.0655 e. The number of hydrogen-bond donors (Lipinski definition) is 0. The highest BCUT2D eigenvalue weighted by Gasteiger charge is 2.49. The molecule has 0 N–H and O–H groups in total. The van der Waals surface area contributed by atoms with Gasteiger partial charge in [0, 0.05) is 29.3 Å². The Labute approximate surface area is 182 Å². The van der Waals surface area contributed by atoms with Crippen molar-refractivity contribution < 1.29 is 0 Å². The number of para-hydroxylation sites is 2. The molecule has 1 saturated carbocycles. The molecule has 0 saturated heterocycles. The first-order chi connectivity index (χ1) is 14.6. The van der Waals surface area contributed by atoms with Crippen LogP contribution >= 0.6 is 0 Å². The highest BCUT2D eigenvalue weighted by molar-refractivity contribution is 5.72. The second-order valence-corrected chi connectivity index (χ2v) is 9.94. The van der Waals surface area contributed by atoms with E-state index in [0.29, 0.717) is 23.3 Å². The largest absolute Gasteiger partial charge is 0.338 e. The Morgan fingerprint density at radius 2 is 1.83 bits per heavy atom. The predicted molar refractivity (Wildman–Crippen MR) is 126 cm³/mol. The first-order valence-corrected chi connectivity index (χ1v) is 11.9. The highest BCUT2D eigenvalue weighted by atomic mass is 15.2. The fourth-order valence-corrected chi connectivity index (χ4v) is 6.09. The van der Waals surface area contributed by atoms with E-state index in [1.165, 1.54) is 42.6 Å². The monoisotopic (exact) mass is 400 g/mol. The fourth-order valence-electron chi connectivity index (χ4n) is 6.09. The molecular formula is C28H36N2. The third kappa shape index (κ3) is 3.87. The summed E-state index contributed by atoms with van der Waals surface area (Å²) >= 11 is 0. The Bertz CT molecular complexity index is 883. The SMILES string of the molecule is CCCC(C#N)CCCC1(C)CC2c3ccccc3N(c3ccccc3)C2CC1C. The maximum Gasteiger partial charge on any atom is 0.0655 e. The third-order valence-electron chi connectivity index (χ3n) is 8.02. The van der Waals surface area contributed by atoms with Gasteiger partial charge in [-0.15, -0.1) is 0 Å². The summed E-state index contributed by atoms with van der Waals surface area (Å²) < 4.78 is 0. The van der Waals surface area contributed by atoms with Gasteiger partial charge >= 0.3 is 0 Å². The number of rotatable bonds is 7. The maximum absolute atomic E-state index is 9.42. The average Bonchev–Trinajstić information content (AvgIpc) is 3.07. The molecule has 0 radical (unpaired) electrons. The van der Waals surface area contributed by atoms with Crippen LogP contribution in [0.1, 0.15) is 77.2 Å². The van der Waals surface area contributed by atoms with Crippen molar-refractivity contribution in [2.45, 2.75) is 77.7 Å². The molecule has 2 aliphatic rings. The van der Waals surface area contributed by atoms with Crippen molar-refractivity contribution in [3.8, 4) is 6.07 Å². The van der Waals surface area contributed by atoms with Crippen LogP contribution in [0.15, 0.2) is 54.6 Å². The van der Waals surface area contributed by atoms with Gasteiger partial charge in [0.05, 0.1) is 6.07 Å². The maximum atomic E-state index is 9.42. The first-order valence-electron chi connectivity index (χ1n) is 11.9. The van der Waals surface area contributed by atoms with Crippen LogP contribution in [0.3, 0.4) is 0 Å². The number of nitriles is 1. The molecule has 1 heterocycles. The van der Waals surface area contributed by atoms with Gasteiger partial charge in [0.25, 0.3) is 0 Å². The Morgan fingerprint density at radius 3 is 2.57 bits per heavy atom. The Morgan fingerprint density at radius 1 is 1.10 bits per heavy atom. The normalized spacial score (nSPS) is 28.5. The molecule has 1 aliphatic carbocycles. The lowest BCUT2D eigenvalue weighted by Crippen LogP contribution is -2.43. The van der Waals surface area contributed by atoms with Gasteiger partial charge in [0.2, 0.25) is 0 Å². The summed E-state index contributed by atoms with van der Waals surface area (Å²) in [5.74, 6) is 1.53. The second kappa shape index (κ2) is 8.84. The summed E-state index contributed by atoms with van der Waals surface area (Å²) in [5.41, 5.74) is 4.62. The molecule has 0 spiro atoms. The van der Waals surface area contributed by atoms with Crippen LogP contribution in [0.2, 0.25) is 0 Å². The zero-order valence-electron chi connectivity index (χ0n) is 18.8. The highest BCUT2D eigenvalue weighted by Crippen LogP contribution is 2.58. The predicted octanol–water partition coefficient (Wildman–Crippen LogP) is 7.84. The number of anilines is 2. The standard InChI is InChI=1S/C28H36N2/c1-4-11-22(20-29)12-10-17-28(3)19-25-24-15-8-9-16-26(24)30(27(25)18-21(28)2)23-13-6-5-7-14-23/h5-9,13-16,21-22,25,27H,4,10-12,17-19H2,1-3H3. The molecule has 2 heteroatoms. The van der Waals surface area contributed by atoms with E-state index in [0.717, 1.165) is 19.3 Å². The van der Waals surface area contributed by atoms with E-state index in [4.69, 9.17) is 0 Å². The molecule has 1 aliphatic heterocycles. The molecule has 0 bridgehead atoms. The van der Waals surface area contributed by atoms with Crippen LogP contribution in [-0.2, 0) is 0 Å². The molecule has 2 nitrogen and oxygen atoms in total. The van der Waals surface area contributed by atoms with Crippen molar-refractivity contribution >= 4 is 11.4 Å². The van der Waals surface area contributed by atoms with Gasteiger partial charge in [-0.25, -0.2) is 0 Å². The Balaban J connectivity index is 1.55. The number of fused-ring (bicyclic) bond motifs is 3. The summed E-state index contributed by atoms with van der Waals surface area (Å²) in [5, 5.41) is 9.42. The van der Waals surface area contributed by atoms with Gasteiger partial charge < -0.3 is 4.90 Å². The summed E-state index contributed by atoms with van der Waals surface area (Å²) in [6, 6.07) is 23.1. The van der Waals surface area contributed by atoms with E-state index in [1.54, 1.807) is 0 Å². The zero-order valence-corrected chi connectivity index (χ0v) is 18.8. The van der Waals surface area contributed by atoms with Crippen LogP contribution in [0.25, 0.3) is 0 Å². The van der Waals surface area contributed by atoms with Crippen molar-refractivity contribution in [3.63, 3.8) is 0 Å². The van der Waals surface area contributed by atoms with Crippen LogP contribution in [0.5, 0.6) is 0 Å². The molecule has 0 aromatic heterocycles. The molecule has 2 aromatic rings. The van der Waals surface area contributed by atoms with E-state index >= 15 is 0 Å². The lowest BCUT2D eigenvalue weighted by Gasteiger charge is -2.47. The first kappa shape index (κ1) is 21.0. The number of benzene rings is 2. The Hall–Kier alpha value is -2.27. The summed E-state index contributed by atoms with van der Waals surface area (Å²) in [7, 11) is 0. The van der Waals surface area contributed by atoms with E-state index in [-0.39, 0.29) is 5.92 Å². The summed E-state index contributed by atoms with van der Waals surface area (Å²) in [6.45, 7) is 7.17. The van der Waals surface area contributed by atoms with Crippen LogP contribution in [0, 0.1) is 28.6 Å². The minimum Gasteiger partial charge on any atom is -0.338 e. The summed E-state index contributed by atoms with van der Waals surface area (Å²) in [4.78, 5) is 2.61. The van der Waals surface area contributed by atoms with E-state index in [1.807, 2.05) is 0 Å². The van der Waals surface area contributed by atoms with Gasteiger partial charge in [-0.2, -0.15) is 5.26 Å². The molecule has 158 valence electrons. The molecule has 5 atom stereocenters. The van der Waals surface area contributed by atoms with E-state index in [9.17, 15) is 5.26 Å². The topological polar surface area (TPSA) is 27.0 Å². The van der Waals surface area contributed by atoms with Crippen molar-refractivity contribution in [2.75, 3.05) is 4.90 Å². The van der Waals surface area contributed by atoms with E-state index < -0.39 is 0 Å². The van der Waals surface area contributed by atoms with Gasteiger partial charge in [-0.3, -0.25) is 0 Å². The van der Waals surface area contributed by atoms with Crippen LogP contribution in [-0.4, -0.2) is 6.04 Å². The molecule has 1 fully saturated rings. The van der Waals surface area contributed by atoms with Crippen molar-refractivity contribution in [3.05, 3.63) is 60.2 Å². The number of hydrogen-bond acceptors (Lipinski definition) is 2. The van der Waals surface area contributed by atoms with Gasteiger partial charge in [-0.1, -0.05) is 70.0 Å². The number of nitrogens with zero attached hydrogens (tertiary/aromatic N) is 2. The van der Waals surface area contributed by atoms with Crippen LogP contribution in [0.4, 0.5) is 11.4 Å². The second-order valence-electron chi connectivity index (χ2n) is 9.94. The van der Waals surface area contributed by atoms with Crippen LogP contribution < -0.4 is 4.90 Å². The third-order valence-corrected chi connectivity index (χ3v) is 8.02. The van der Waals surface area contributed by atoms with Gasteiger partial charge in [0.1, 0.15) is 0 Å². The minimum atomic E-state index is 0.242. The van der Waals surface area contributed by atoms with Gasteiger partial charge in [-0.05, 0) is 67.2 Å². The lowest BCUT2D eigenvalue weighted by atomic mass is 9.60. The molecule has 4 rings (SSSR count). The van der Waals surface area contributed by atoms with Gasteiger partial charge in [0.15, 0.2) is 0 Å². The lowest BCUT2D eigenvalue weighted by molar-refractivity contribution is 0.0896. The molecule has 30 heavy (non-hydrogen) atoms. The molecule has 2 aromatic carbocycles. The van der Waals surface area contributed by atoms with Crippen molar-refractivity contribution in [2.24, 2.45) is 17.3 Å².